The second-order valence-electron chi connectivity index (χ2n) is 6.28. The highest BCUT2D eigenvalue weighted by molar-refractivity contribution is 5.43. The number of nitrogens with zero attached hydrogens (tertiary/aromatic N) is 3. The second-order valence-corrected chi connectivity index (χ2v) is 6.28. The Balaban J connectivity index is 1.80. The quantitative estimate of drug-likeness (QED) is 0.573. The van der Waals surface area contributed by atoms with E-state index in [-0.39, 0.29) is 0 Å². The number of methoxy groups -OCH3 is 1. The summed E-state index contributed by atoms with van der Waals surface area (Å²) in [6, 6.07) is 14.3. The SMILES string of the molecule is CCOc1cc(CN(Cc2ccncc2)Cc2cccnc2)ccc1OC. The van der Waals surface area contributed by atoms with Crippen LogP contribution in [0.1, 0.15) is 23.6 Å². The van der Waals surface area contributed by atoms with Crippen molar-refractivity contribution < 1.29 is 9.47 Å². The Bertz CT molecular complexity index is 784. The van der Waals surface area contributed by atoms with Gasteiger partial charge in [-0.25, -0.2) is 0 Å². The van der Waals surface area contributed by atoms with Crippen LogP contribution in [-0.2, 0) is 19.6 Å². The topological polar surface area (TPSA) is 47.5 Å². The maximum atomic E-state index is 5.72. The first-order valence-electron chi connectivity index (χ1n) is 9.08. The van der Waals surface area contributed by atoms with Crippen molar-refractivity contribution in [1.82, 2.24) is 14.9 Å². The van der Waals surface area contributed by atoms with Crippen molar-refractivity contribution in [3.63, 3.8) is 0 Å². The zero-order chi connectivity index (χ0) is 18.9. The lowest BCUT2D eigenvalue weighted by Crippen LogP contribution is -2.22. The van der Waals surface area contributed by atoms with E-state index in [2.05, 4.69) is 45.2 Å². The third-order valence-corrected chi connectivity index (χ3v) is 4.22. The molecule has 3 aromatic rings. The maximum absolute atomic E-state index is 5.72. The van der Waals surface area contributed by atoms with Crippen LogP contribution in [0.25, 0.3) is 0 Å². The average molecular weight is 363 g/mol. The Labute approximate surface area is 160 Å². The van der Waals surface area contributed by atoms with E-state index < -0.39 is 0 Å². The van der Waals surface area contributed by atoms with E-state index in [9.17, 15) is 0 Å². The van der Waals surface area contributed by atoms with Crippen molar-refractivity contribution in [2.24, 2.45) is 0 Å². The van der Waals surface area contributed by atoms with Crippen molar-refractivity contribution in [1.29, 1.82) is 0 Å². The van der Waals surface area contributed by atoms with E-state index in [0.717, 1.165) is 31.1 Å². The molecule has 0 aliphatic heterocycles. The monoisotopic (exact) mass is 363 g/mol. The largest absolute Gasteiger partial charge is 0.493 e. The summed E-state index contributed by atoms with van der Waals surface area (Å²) in [5, 5.41) is 0. The first-order valence-corrected chi connectivity index (χ1v) is 9.08. The average Bonchev–Trinajstić information content (AvgIpc) is 2.70. The summed E-state index contributed by atoms with van der Waals surface area (Å²) in [5.41, 5.74) is 3.59. The van der Waals surface area contributed by atoms with Crippen LogP contribution >= 0.6 is 0 Å². The lowest BCUT2D eigenvalue weighted by atomic mass is 10.1. The number of hydrogen-bond acceptors (Lipinski definition) is 5. The van der Waals surface area contributed by atoms with Gasteiger partial charge in [-0.3, -0.25) is 14.9 Å². The van der Waals surface area contributed by atoms with Gasteiger partial charge in [0.15, 0.2) is 11.5 Å². The van der Waals surface area contributed by atoms with Crippen LogP contribution in [0.4, 0.5) is 0 Å². The van der Waals surface area contributed by atoms with Crippen molar-refractivity contribution >= 4 is 0 Å². The Morgan fingerprint density at radius 2 is 1.59 bits per heavy atom. The third-order valence-electron chi connectivity index (χ3n) is 4.22. The molecule has 0 N–H and O–H groups in total. The first-order chi connectivity index (χ1) is 13.3. The molecule has 0 saturated heterocycles. The van der Waals surface area contributed by atoms with Gasteiger partial charge in [0.25, 0.3) is 0 Å². The van der Waals surface area contributed by atoms with Crippen LogP contribution < -0.4 is 9.47 Å². The van der Waals surface area contributed by atoms with Crippen LogP contribution in [0.2, 0.25) is 0 Å². The molecule has 0 amide bonds. The van der Waals surface area contributed by atoms with E-state index in [0.29, 0.717) is 6.61 Å². The first kappa shape index (κ1) is 18.9. The molecule has 0 aliphatic rings. The van der Waals surface area contributed by atoms with Crippen molar-refractivity contribution in [2.45, 2.75) is 26.6 Å². The van der Waals surface area contributed by atoms with Gasteiger partial charge in [0.05, 0.1) is 13.7 Å². The molecule has 27 heavy (non-hydrogen) atoms. The van der Waals surface area contributed by atoms with Gasteiger partial charge in [0.2, 0.25) is 0 Å². The number of pyridine rings is 2. The number of aromatic nitrogens is 2. The van der Waals surface area contributed by atoms with Crippen LogP contribution in [0, 0.1) is 0 Å². The number of ether oxygens (including phenoxy) is 2. The molecule has 0 aliphatic carbocycles. The van der Waals surface area contributed by atoms with Crippen LogP contribution in [0.3, 0.4) is 0 Å². The molecule has 0 spiro atoms. The fourth-order valence-corrected chi connectivity index (χ4v) is 3.01. The lowest BCUT2D eigenvalue weighted by molar-refractivity contribution is 0.246. The smallest absolute Gasteiger partial charge is 0.161 e. The molecule has 3 rings (SSSR count). The van der Waals surface area contributed by atoms with Gasteiger partial charge in [-0.1, -0.05) is 12.1 Å². The van der Waals surface area contributed by atoms with Gasteiger partial charge in [0.1, 0.15) is 0 Å². The van der Waals surface area contributed by atoms with Crippen LogP contribution in [0.5, 0.6) is 11.5 Å². The summed E-state index contributed by atoms with van der Waals surface area (Å²) in [6.07, 6.45) is 7.38. The Kier molecular flexibility index (Phi) is 6.77. The van der Waals surface area contributed by atoms with Crippen molar-refractivity contribution in [3.05, 3.63) is 83.9 Å². The zero-order valence-electron chi connectivity index (χ0n) is 15.8. The minimum atomic E-state index is 0.607. The predicted molar refractivity (Wildman–Crippen MR) is 106 cm³/mol. The Morgan fingerprint density at radius 3 is 2.30 bits per heavy atom. The summed E-state index contributed by atoms with van der Waals surface area (Å²) < 4.78 is 11.1. The third kappa shape index (κ3) is 5.53. The van der Waals surface area contributed by atoms with Crippen LogP contribution in [0.15, 0.2) is 67.3 Å². The molecule has 0 fully saturated rings. The summed E-state index contributed by atoms with van der Waals surface area (Å²) in [4.78, 5) is 10.7. The molecule has 0 unspecified atom stereocenters. The minimum absolute atomic E-state index is 0.607. The predicted octanol–water partition coefficient (Wildman–Crippen LogP) is 4.09. The summed E-state index contributed by atoms with van der Waals surface area (Å²) in [5.74, 6) is 1.54. The van der Waals surface area contributed by atoms with Gasteiger partial charge in [-0.05, 0) is 53.9 Å². The molecule has 140 valence electrons. The molecule has 1 aromatic carbocycles. The molecule has 2 aromatic heterocycles. The maximum Gasteiger partial charge on any atom is 0.161 e. The molecular weight excluding hydrogens is 338 g/mol. The number of rotatable bonds is 9. The van der Waals surface area contributed by atoms with E-state index in [1.807, 2.05) is 37.6 Å². The standard InChI is InChI=1S/C22H25N3O2/c1-3-27-22-13-19(6-7-21(22)26-2)16-25(15-18-8-11-23-12-9-18)17-20-5-4-10-24-14-20/h4-14H,3,15-17H2,1-2H3. The Hall–Kier alpha value is -2.92. The normalized spacial score (nSPS) is 10.8. The molecule has 2 heterocycles. The van der Waals surface area contributed by atoms with E-state index in [1.165, 1.54) is 16.7 Å². The lowest BCUT2D eigenvalue weighted by Gasteiger charge is -2.23. The number of benzene rings is 1. The van der Waals surface area contributed by atoms with E-state index in [1.54, 1.807) is 13.3 Å². The van der Waals surface area contributed by atoms with E-state index in [4.69, 9.17) is 9.47 Å². The fraction of sp³-hybridized carbons (Fsp3) is 0.273. The summed E-state index contributed by atoms with van der Waals surface area (Å²) in [6.45, 7) is 5.02. The Morgan fingerprint density at radius 1 is 0.815 bits per heavy atom. The van der Waals surface area contributed by atoms with Gasteiger partial charge in [-0.2, -0.15) is 0 Å². The van der Waals surface area contributed by atoms with Crippen molar-refractivity contribution in [2.75, 3.05) is 13.7 Å². The highest BCUT2D eigenvalue weighted by Crippen LogP contribution is 2.29. The van der Waals surface area contributed by atoms with Gasteiger partial charge in [-0.15, -0.1) is 0 Å². The molecule has 0 radical (unpaired) electrons. The molecule has 5 nitrogen and oxygen atoms in total. The minimum Gasteiger partial charge on any atom is -0.493 e. The zero-order valence-corrected chi connectivity index (χ0v) is 15.8. The summed E-state index contributed by atoms with van der Waals surface area (Å²) in [7, 11) is 1.66. The molecule has 5 heteroatoms. The van der Waals surface area contributed by atoms with Crippen molar-refractivity contribution in [3.8, 4) is 11.5 Å². The van der Waals surface area contributed by atoms with E-state index >= 15 is 0 Å². The van der Waals surface area contributed by atoms with Gasteiger partial charge in [0, 0.05) is 44.4 Å². The highest BCUT2D eigenvalue weighted by Gasteiger charge is 2.11. The summed E-state index contributed by atoms with van der Waals surface area (Å²) >= 11 is 0. The number of hydrogen-bond donors (Lipinski definition) is 0. The van der Waals surface area contributed by atoms with Gasteiger partial charge >= 0.3 is 0 Å². The highest BCUT2D eigenvalue weighted by atomic mass is 16.5. The second kappa shape index (κ2) is 9.69. The fourth-order valence-electron chi connectivity index (χ4n) is 3.01. The van der Waals surface area contributed by atoms with Crippen LogP contribution in [-0.4, -0.2) is 28.6 Å². The molecular formula is C22H25N3O2. The molecule has 0 atom stereocenters. The molecule has 0 bridgehead atoms. The van der Waals surface area contributed by atoms with Gasteiger partial charge < -0.3 is 9.47 Å². The molecule has 0 saturated carbocycles.